The van der Waals surface area contributed by atoms with E-state index in [1.165, 1.54) is 0 Å². The highest BCUT2D eigenvalue weighted by Crippen LogP contribution is 2.37. The molecule has 0 bridgehead atoms. The second-order valence-electron chi connectivity index (χ2n) is 7.28. The number of rotatable bonds is 6. The highest BCUT2D eigenvalue weighted by Gasteiger charge is 2.46. The van der Waals surface area contributed by atoms with Gasteiger partial charge in [-0.1, -0.05) is 20.8 Å². The Hall–Kier alpha value is -0.963. The number of hydrogen-bond donors (Lipinski definition) is 3. The number of nitrogens with two attached hydrogens (primary N) is 1. The van der Waals surface area contributed by atoms with Crippen molar-refractivity contribution < 1.29 is 23.9 Å². The maximum atomic E-state index is 11.9. The van der Waals surface area contributed by atoms with Crippen molar-refractivity contribution >= 4 is 20.1 Å². The van der Waals surface area contributed by atoms with Crippen LogP contribution in [-0.2, 0) is 18.8 Å². The average Bonchev–Trinajstić information content (AvgIpc) is 2.75. The molecule has 1 rings (SSSR count). The molecule has 2 atom stereocenters. The third-order valence-electron chi connectivity index (χ3n) is 4.38. The van der Waals surface area contributed by atoms with Crippen LogP contribution in [0.1, 0.15) is 33.6 Å². The number of ether oxygens (including phenoxy) is 1. The van der Waals surface area contributed by atoms with Crippen molar-refractivity contribution in [2.75, 3.05) is 13.2 Å². The second kappa shape index (κ2) is 6.65. The van der Waals surface area contributed by atoms with Crippen LogP contribution in [0.15, 0.2) is 0 Å². The minimum Gasteiger partial charge on any atom is -0.414 e. The summed E-state index contributed by atoms with van der Waals surface area (Å²) in [4.78, 5) is 22.5. The van der Waals surface area contributed by atoms with Crippen molar-refractivity contribution in [3.63, 3.8) is 0 Å². The number of aliphatic hydroxyl groups is 1. The lowest BCUT2D eigenvalue weighted by Gasteiger charge is -2.37. The Kier molecular flexibility index (Phi) is 5.77. The van der Waals surface area contributed by atoms with E-state index >= 15 is 0 Å². The summed E-state index contributed by atoms with van der Waals surface area (Å²) in [6.45, 7) is 10.7. The van der Waals surface area contributed by atoms with Gasteiger partial charge in [0.15, 0.2) is 8.32 Å². The topological polar surface area (TPSA) is 111 Å². The smallest absolute Gasteiger partial charge is 0.280 e. The van der Waals surface area contributed by atoms with Gasteiger partial charge < -0.3 is 25.3 Å². The van der Waals surface area contributed by atoms with Crippen LogP contribution in [0.25, 0.3) is 0 Å². The lowest BCUT2D eigenvalue weighted by Crippen LogP contribution is -2.49. The van der Waals surface area contributed by atoms with Crippen LogP contribution in [0.4, 0.5) is 0 Å². The highest BCUT2D eigenvalue weighted by atomic mass is 28.4. The summed E-state index contributed by atoms with van der Waals surface area (Å²) >= 11 is 0. The Labute approximate surface area is 132 Å². The third-order valence-corrected chi connectivity index (χ3v) is 8.88. The van der Waals surface area contributed by atoms with Crippen LogP contribution in [0, 0.1) is 0 Å². The average molecular weight is 332 g/mol. The maximum absolute atomic E-state index is 11.9. The molecule has 1 unspecified atom stereocenters. The molecule has 1 heterocycles. The molecule has 22 heavy (non-hydrogen) atoms. The zero-order chi connectivity index (χ0) is 17.2. The number of nitrogens with one attached hydrogen (secondary N) is 1. The molecule has 7 nitrogen and oxygen atoms in total. The van der Waals surface area contributed by atoms with Gasteiger partial charge in [0.1, 0.15) is 0 Å². The van der Waals surface area contributed by atoms with E-state index in [4.69, 9.17) is 14.9 Å². The molecule has 8 heteroatoms. The standard InChI is InChI=1S/C14H28N2O5Si/c1-13(2,3)22(4,5)20-9-10-6-7-14(19,21-10)12(18)16-8-11(15)17/h10,19H,6-9H2,1-5H3,(H2,15,17)(H,16,18)/t10-,14?/m0/s1. The second-order valence-corrected chi connectivity index (χ2v) is 12.1. The zero-order valence-electron chi connectivity index (χ0n) is 14.1. The highest BCUT2D eigenvalue weighted by molar-refractivity contribution is 6.74. The van der Waals surface area contributed by atoms with Gasteiger partial charge in [-0.2, -0.15) is 0 Å². The summed E-state index contributed by atoms with van der Waals surface area (Å²) in [5, 5.41) is 12.5. The number of primary amides is 1. The molecule has 1 saturated heterocycles. The molecule has 1 aliphatic rings. The summed E-state index contributed by atoms with van der Waals surface area (Å²) in [6.07, 6.45) is 0.358. The molecule has 0 saturated carbocycles. The fourth-order valence-electron chi connectivity index (χ4n) is 1.86. The molecule has 0 spiro atoms. The van der Waals surface area contributed by atoms with Crippen molar-refractivity contribution in [3.8, 4) is 0 Å². The number of hydrogen-bond acceptors (Lipinski definition) is 5. The van der Waals surface area contributed by atoms with E-state index in [9.17, 15) is 14.7 Å². The Bertz CT molecular complexity index is 435. The van der Waals surface area contributed by atoms with E-state index in [-0.39, 0.29) is 24.1 Å². The molecule has 4 N–H and O–H groups in total. The van der Waals surface area contributed by atoms with Gasteiger partial charge in [0.05, 0.1) is 19.3 Å². The summed E-state index contributed by atoms with van der Waals surface area (Å²) in [7, 11) is -1.90. The van der Waals surface area contributed by atoms with Gasteiger partial charge in [-0.3, -0.25) is 9.59 Å². The number of carbonyl (C=O) groups excluding carboxylic acids is 2. The first kappa shape index (κ1) is 19.1. The Morgan fingerprint density at radius 1 is 1.45 bits per heavy atom. The van der Waals surface area contributed by atoms with E-state index in [0.717, 1.165) is 0 Å². The van der Waals surface area contributed by atoms with Crippen LogP contribution in [0.2, 0.25) is 18.1 Å². The quantitative estimate of drug-likeness (QED) is 0.613. The summed E-state index contributed by atoms with van der Waals surface area (Å²) in [6, 6.07) is 0. The van der Waals surface area contributed by atoms with Gasteiger partial charge in [0, 0.05) is 6.42 Å². The van der Waals surface area contributed by atoms with Crippen molar-refractivity contribution in [2.24, 2.45) is 5.73 Å². The van der Waals surface area contributed by atoms with Crippen LogP contribution in [0.3, 0.4) is 0 Å². The molecule has 0 aromatic rings. The molecule has 128 valence electrons. The van der Waals surface area contributed by atoms with Gasteiger partial charge >= 0.3 is 0 Å². The van der Waals surface area contributed by atoms with Crippen molar-refractivity contribution in [2.45, 2.75) is 63.6 Å². The van der Waals surface area contributed by atoms with Gasteiger partial charge in [0.2, 0.25) is 11.7 Å². The molecule has 0 aromatic carbocycles. The molecular formula is C14H28N2O5Si. The first-order valence-electron chi connectivity index (χ1n) is 7.48. The summed E-state index contributed by atoms with van der Waals surface area (Å²) in [5.41, 5.74) is 4.95. The number of amides is 2. The molecular weight excluding hydrogens is 304 g/mol. The number of carbonyl (C=O) groups is 2. The monoisotopic (exact) mass is 332 g/mol. The van der Waals surface area contributed by atoms with E-state index in [1.54, 1.807) is 0 Å². The minimum absolute atomic E-state index is 0.0841. The first-order chi connectivity index (χ1) is 9.87. The van der Waals surface area contributed by atoms with Crippen molar-refractivity contribution in [1.29, 1.82) is 0 Å². The zero-order valence-corrected chi connectivity index (χ0v) is 15.1. The van der Waals surface area contributed by atoms with Crippen LogP contribution < -0.4 is 11.1 Å². The summed E-state index contributed by atoms with van der Waals surface area (Å²) in [5.74, 6) is -3.31. The predicted molar refractivity (Wildman–Crippen MR) is 84.4 cm³/mol. The lowest BCUT2D eigenvalue weighted by molar-refractivity contribution is -0.203. The molecule has 0 aromatic heterocycles. The summed E-state index contributed by atoms with van der Waals surface area (Å²) < 4.78 is 11.5. The molecule has 1 aliphatic heterocycles. The fraction of sp³-hybridized carbons (Fsp3) is 0.857. The van der Waals surface area contributed by atoms with E-state index in [2.05, 4.69) is 39.2 Å². The van der Waals surface area contributed by atoms with Crippen LogP contribution in [-0.4, -0.2) is 50.3 Å². The largest absolute Gasteiger partial charge is 0.414 e. The Morgan fingerprint density at radius 3 is 2.55 bits per heavy atom. The molecule has 0 aliphatic carbocycles. The Balaban J connectivity index is 2.52. The van der Waals surface area contributed by atoms with E-state index < -0.39 is 25.9 Å². The predicted octanol–water partition coefficient (Wildman–Crippen LogP) is 0.477. The van der Waals surface area contributed by atoms with Crippen molar-refractivity contribution in [3.05, 3.63) is 0 Å². The van der Waals surface area contributed by atoms with Crippen LogP contribution >= 0.6 is 0 Å². The maximum Gasteiger partial charge on any atom is 0.280 e. The minimum atomic E-state index is -1.91. The van der Waals surface area contributed by atoms with E-state index in [1.807, 2.05) is 0 Å². The molecule has 1 fully saturated rings. The fourth-order valence-corrected chi connectivity index (χ4v) is 2.89. The molecule has 2 amide bonds. The lowest BCUT2D eigenvalue weighted by atomic mass is 10.1. The third kappa shape index (κ3) is 4.77. The first-order valence-corrected chi connectivity index (χ1v) is 10.4. The van der Waals surface area contributed by atoms with Gasteiger partial charge in [0.25, 0.3) is 5.91 Å². The van der Waals surface area contributed by atoms with Crippen LogP contribution in [0.5, 0.6) is 0 Å². The molecule has 0 radical (unpaired) electrons. The van der Waals surface area contributed by atoms with Gasteiger partial charge in [-0.05, 0) is 24.6 Å². The Morgan fingerprint density at radius 2 is 2.05 bits per heavy atom. The van der Waals surface area contributed by atoms with E-state index in [0.29, 0.717) is 13.0 Å². The van der Waals surface area contributed by atoms with Gasteiger partial charge in [-0.25, -0.2) is 0 Å². The van der Waals surface area contributed by atoms with Crippen molar-refractivity contribution in [1.82, 2.24) is 5.32 Å². The SMILES string of the molecule is CC(C)(C)[Si](C)(C)OC[C@@H]1CCC(O)(C(=O)NCC(N)=O)O1. The van der Waals surface area contributed by atoms with Gasteiger partial charge in [-0.15, -0.1) is 0 Å². The normalized spacial score (nSPS) is 26.0.